The summed E-state index contributed by atoms with van der Waals surface area (Å²) >= 11 is 0. The molecule has 0 fully saturated rings. The number of nitrogen functional groups attached to an aromatic ring is 1. The number of aromatic hydroxyl groups is 1. The first-order valence-electron chi connectivity index (χ1n) is 9.85. The van der Waals surface area contributed by atoms with E-state index in [1.54, 1.807) is 42.5 Å². The largest absolute Gasteiger partial charge is 1.00 e. The number of amides is 2. The molecule has 0 aliphatic rings. The average molecular weight is 472 g/mol. The number of carbonyl (C=O) groups is 3. The Morgan fingerprint density at radius 1 is 1.06 bits per heavy atom. The maximum atomic E-state index is 12.2. The van der Waals surface area contributed by atoms with E-state index in [2.05, 4.69) is 10.3 Å². The van der Waals surface area contributed by atoms with E-state index < -0.39 is 30.3 Å². The topological polar surface area (TPSA) is 192 Å². The van der Waals surface area contributed by atoms with E-state index >= 15 is 0 Å². The molecule has 170 valence electrons. The number of hydrogen-bond donors (Lipinski definition) is 5. The van der Waals surface area contributed by atoms with Crippen molar-refractivity contribution in [3.63, 3.8) is 0 Å². The van der Waals surface area contributed by atoms with Crippen molar-refractivity contribution in [2.75, 3.05) is 11.1 Å². The molecule has 0 spiro atoms. The summed E-state index contributed by atoms with van der Waals surface area (Å²) in [5.41, 5.74) is 13.3. The molecule has 3 rings (SSSR count). The number of aliphatic hydroxyl groups is 1. The quantitative estimate of drug-likeness (QED) is 0.225. The summed E-state index contributed by atoms with van der Waals surface area (Å²) in [7, 11) is 0. The Morgan fingerprint density at radius 2 is 1.76 bits per heavy atom. The van der Waals surface area contributed by atoms with Gasteiger partial charge < -0.3 is 36.9 Å². The van der Waals surface area contributed by atoms with Crippen LogP contribution in [0.5, 0.6) is 5.75 Å². The number of phenolic OH excluding ortho intramolecular Hbond substituents is 1. The van der Waals surface area contributed by atoms with Gasteiger partial charge in [0.15, 0.2) is 0 Å². The number of para-hydroxylation sites is 1. The average Bonchev–Trinajstić information content (AvgIpc) is 2.77. The van der Waals surface area contributed by atoms with Crippen molar-refractivity contribution in [2.45, 2.75) is 18.9 Å². The van der Waals surface area contributed by atoms with Gasteiger partial charge >= 0.3 is 29.6 Å². The van der Waals surface area contributed by atoms with Crippen LogP contribution in [-0.4, -0.2) is 39.1 Å². The molecule has 11 heteroatoms. The van der Waals surface area contributed by atoms with Crippen molar-refractivity contribution in [1.29, 1.82) is 0 Å². The number of aliphatic carboxylic acids is 1. The number of carboxylic acid groups (broad SMARTS) is 1. The first-order chi connectivity index (χ1) is 15.7. The number of anilines is 2. The van der Waals surface area contributed by atoms with Crippen molar-refractivity contribution in [3.8, 4) is 28.1 Å². The number of aromatic nitrogens is 1. The van der Waals surface area contributed by atoms with Gasteiger partial charge in [0.2, 0.25) is 0 Å². The molecule has 0 aliphatic heterocycles. The molecule has 2 aromatic carbocycles. The van der Waals surface area contributed by atoms with Crippen LogP contribution in [0.2, 0.25) is 0 Å². The van der Waals surface area contributed by atoms with Gasteiger partial charge in [0.1, 0.15) is 17.7 Å². The molecule has 1 unspecified atom stereocenters. The van der Waals surface area contributed by atoms with Crippen LogP contribution in [0, 0.1) is 0 Å². The van der Waals surface area contributed by atoms with Crippen LogP contribution in [0.15, 0.2) is 54.6 Å². The molecule has 0 bridgehead atoms. The fourth-order valence-corrected chi connectivity index (χ4v) is 3.26. The molecule has 10 nitrogen and oxygen atoms in total. The zero-order valence-electron chi connectivity index (χ0n) is 18.3. The monoisotopic (exact) mass is 472 g/mol. The fraction of sp³-hybridized carbons (Fsp3) is 0.130. The van der Waals surface area contributed by atoms with E-state index in [0.717, 1.165) is 0 Å². The van der Waals surface area contributed by atoms with Gasteiger partial charge in [-0.25, -0.2) is 4.98 Å². The van der Waals surface area contributed by atoms with Gasteiger partial charge in [-0.05, 0) is 48.7 Å². The number of nitrogens with zero attached hydrogens (tertiary/aromatic N) is 1. The number of benzene rings is 2. The molecule has 0 aliphatic carbocycles. The van der Waals surface area contributed by atoms with Crippen LogP contribution in [0.4, 0.5) is 11.5 Å². The van der Waals surface area contributed by atoms with Crippen molar-refractivity contribution < 1.29 is 59.3 Å². The van der Waals surface area contributed by atoms with Crippen LogP contribution < -0.4 is 51.4 Å². The normalized spacial score (nSPS) is 11.2. The number of carboxylic acids is 1. The summed E-state index contributed by atoms with van der Waals surface area (Å²) in [6.07, 6.45) is -2.32. The van der Waals surface area contributed by atoms with Gasteiger partial charge in [0, 0.05) is 22.8 Å². The van der Waals surface area contributed by atoms with Gasteiger partial charge in [-0.3, -0.25) is 9.59 Å². The second-order valence-corrected chi connectivity index (χ2v) is 7.19. The molecule has 1 aromatic heterocycles. The van der Waals surface area contributed by atoms with E-state index in [-0.39, 0.29) is 58.8 Å². The Balaban J connectivity index is 0.00000408. The standard InChI is InChI=1S/C23H22N4O6.Na/c24-21-20(22(25)32)15(11-16(27-21)14-6-1-2-7-17(14)28)12-4-3-5-13(10-12)26-23(33)18(29)8-9-19(30)31;/h1-7,10-11,18,28-29H,8-9H2,(H2,24,27)(H2,25,32)(H,26,33)(H,30,31);/q;+1/p-1. The van der Waals surface area contributed by atoms with Crippen molar-refractivity contribution in [3.05, 3.63) is 60.2 Å². The summed E-state index contributed by atoms with van der Waals surface area (Å²) < 4.78 is 0. The van der Waals surface area contributed by atoms with E-state index in [9.17, 15) is 29.7 Å². The summed E-state index contributed by atoms with van der Waals surface area (Å²) in [5, 5.41) is 33.0. The summed E-state index contributed by atoms with van der Waals surface area (Å²) in [6, 6.07) is 14.3. The minimum atomic E-state index is -1.54. The predicted molar refractivity (Wildman–Crippen MR) is 119 cm³/mol. The molecule has 2 amide bonds. The summed E-state index contributed by atoms with van der Waals surface area (Å²) in [6.45, 7) is 0. The molecule has 0 radical (unpaired) electrons. The third-order valence-corrected chi connectivity index (χ3v) is 4.84. The number of nitrogens with one attached hydrogen (secondary N) is 1. The van der Waals surface area contributed by atoms with Crippen LogP contribution >= 0.6 is 0 Å². The predicted octanol–water partition coefficient (Wildman–Crippen LogP) is -2.36. The second-order valence-electron chi connectivity index (χ2n) is 7.19. The molecule has 0 saturated heterocycles. The first-order valence-corrected chi connectivity index (χ1v) is 9.85. The molecular weight excluding hydrogens is 451 g/mol. The van der Waals surface area contributed by atoms with E-state index in [1.165, 1.54) is 12.1 Å². The zero-order chi connectivity index (χ0) is 24.1. The Kier molecular flexibility index (Phi) is 9.16. The minimum Gasteiger partial charge on any atom is -0.550 e. The fourth-order valence-electron chi connectivity index (χ4n) is 3.26. The third kappa shape index (κ3) is 6.33. The molecule has 34 heavy (non-hydrogen) atoms. The van der Waals surface area contributed by atoms with Crippen molar-refractivity contribution in [1.82, 2.24) is 4.98 Å². The molecule has 1 atom stereocenters. The smallest absolute Gasteiger partial charge is 0.550 e. The van der Waals surface area contributed by atoms with Crippen LogP contribution in [0.25, 0.3) is 22.4 Å². The van der Waals surface area contributed by atoms with Crippen LogP contribution in [0.3, 0.4) is 0 Å². The number of aliphatic hydroxyl groups excluding tert-OH is 1. The number of primary amides is 1. The van der Waals surface area contributed by atoms with Gasteiger partial charge in [-0.15, -0.1) is 0 Å². The zero-order valence-corrected chi connectivity index (χ0v) is 20.3. The summed E-state index contributed by atoms with van der Waals surface area (Å²) in [5.74, 6) is -3.16. The molecule has 1 heterocycles. The van der Waals surface area contributed by atoms with E-state index in [4.69, 9.17) is 11.5 Å². The van der Waals surface area contributed by atoms with Gasteiger partial charge in [0.25, 0.3) is 11.8 Å². The Labute approximate surface area is 216 Å². The third-order valence-electron chi connectivity index (χ3n) is 4.84. The minimum absolute atomic E-state index is 0. The van der Waals surface area contributed by atoms with Crippen LogP contribution in [0.1, 0.15) is 23.2 Å². The Hall–Kier alpha value is -3.44. The molecular formula is C23H21N4NaO6. The number of carbonyl (C=O) groups excluding carboxylic acids is 3. The molecule has 0 saturated carbocycles. The van der Waals surface area contributed by atoms with Crippen molar-refractivity contribution in [2.24, 2.45) is 5.73 Å². The Morgan fingerprint density at radius 3 is 2.41 bits per heavy atom. The van der Waals surface area contributed by atoms with E-state index in [0.29, 0.717) is 22.4 Å². The molecule has 3 aromatic rings. The van der Waals surface area contributed by atoms with Crippen molar-refractivity contribution >= 4 is 29.3 Å². The first kappa shape index (κ1) is 26.8. The number of pyridine rings is 1. The number of hydrogen-bond acceptors (Lipinski definition) is 8. The number of rotatable bonds is 8. The maximum Gasteiger partial charge on any atom is 1.00 e. The van der Waals surface area contributed by atoms with Gasteiger partial charge in [-0.1, -0.05) is 24.3 Å². The Bertz CT molecular complexity index is 1230. The molecule has 7 N–H and O–H groups in total. The number of nitrogens with two attached hydrogens (primary N) is 2. The second kappa shape index (κ2) is 11.6. The SMILES string of the molecule is NC(=O)c1c(-c2cccc(NC(=O)C(O)CCC(=O)[O-])c2)cc(-c2ccccc2O)nc1N.[Na+]. The summed E-state index contributed by atoms with van der Waals surface area (Å²) in [4.78, 5) is 39.0. The maximum absolute atomic E-state index is 12.2. The van der Waals surface area contributed by atoms with Gasteiger partial charge in [0.05, 0.1) is 11.3 Å². The van der Waals surface area contributed by atoms with Crippen LogP contribution in [-0.2, 0) is 9.59 Å². The number of phenols is 1. The van der Waals surface area contributed by atoms with E-state index in [1.807, 2.05) is 0 Å². The van der Waals surface area contributed by atoms with Gasteiger partial charge in [-0.2, -0.15) is 0 Å².